The second kappa shape index (κ2) is 9.75. The number of hydrogen-bond donors (Lipinski definition) is 0. The van der Waals surface area contributed by atoms with Gasteiger partial charge in [0.15, 0.2) is 0 Å². The second-order valence-electron chi connectivity index (χ2n) is 5.75. The van der Waals surface area contributed by atoms with E-state index in [1.165, 1.54) is 11.8 Å². The first kappa shape index (κ1) is 19.7. The second-order valence-corrected chi connectivity index (χ2v) is 6.67. The summed E-state index contributed by atoms with van der Waals surface area (Å²) in [5.74, 6) is 1.32. The Morgan fingerprint density at radius 2 is 1.93 bits per heavy atom. The number of amides is 1. The lowest BCUT2D eigenvalue weighted by Crippen LogP contribution is -2.32. The molecule has 0 aliphatic rings. The summed E-state index contributed by atoms with van der Waals surface area (Å²) < 4.78 is 11.1. The Hall–Kier alpha value is -3.06. The molecule has 0 radical (unpaired) electrons. The molecular formula is C21H21N3O3S. The first-order valence-electron chi connectivity index (χ1n) is 8.87. The predicted molar refractivity (Wildman–Crippen MR) is 111 cm³/mol. The lowest BCUT2D eigenvalue weighted by Gasteiger charge is -2.20. The number of anilines is 1. The van der Waals surface area contributed by atoms with E-state index in [0.29, 0.717) is 24.3 Å². The molecule has 0 spiro atoms. The molecule has 0 aliphatic carbocycles. The molecule has 3 aromatic rings. The Bertz CT molecular complexity index is 910. The average molecular weight is 395 g/mol. The van der Waals surface area contributed by atoms with Crippen LogP contribution in [0.15, 0.2) is 76.9 Å². The third-order valence-corrected chi connectivity index (χ3v) is 4.62. The highest BCUT2D eigenvalue weighted by molar-refractivity contribution is 7.99. The number of thioether (sulfide) groups is 1. The number of aromatic nitrogens is 2. The minimum absolute atomic E-state index is 0.0584. The van der Waals surface area contributed by atoms with Gasteiger partial charge in [-0.3, -0.25) is 4.79 Å². The van der Waals surface area contributed by atoms with E-state index in [4.69, 9.17) is 9.15 Å². The lowest BCUT2D eigenvalue weighted by molar-refractivity contribution is -0.116. The maximum Gasteiger partial charge on any atom is 0.277 e. The van der Waals surface area contributed by atoms with E-state index in [2.05, 4.69) is 16.8 Å². The lowest BCUT2D eigenvalue weighted by atomic mass is 10.2. The molecule has 0 N–H and O–H groups in total. The van der Waals surface area contributed by atoms with Crippen molar-refractivity contribution in [1.29, 1.82) is 0 Å². The molecule has 0 unspecified atom stereocenters. The van der Waals surface area contributed by atoms with E-state index in [9.17, 15) is 4.79 Å². The van der Waals surface area contributed by atoms with Crippen LogP contribution in [0.3, 0.4) is 0 Å². The smallest absolute Gasteiger partial charge is 0.277 e. The van der Waals surface area contributed by atoms with Gasteiger partial charge in [-0.25, -0.2) is 0 Å². The highest BCUT2D eigenvalue weighted by Crippen LogP contribution is 2.25. The highest BCUT2D eigenvalue weighted by Gasteiger charge is 2.17. The topological polar surface area (TPSA) is 68.5 Å². The fraction of sp³-hybridized carbons (Fsp3) is 0.190. The number of carbonyl (C=O) groups is 1. The number of rotatable bonds is 9. The van der Waals surface area contributed by atoms with Crippen LogP contribution in [0.4, 0.5) is 5.69 Å². The van der Waals surface area contributed by atoms with Gasteiger partial charge in [-0.1, -0.05) is 36.0 Å². The van der Waals surface area contributed by atoms with E-state index in [1.807, 2.05) is 61.5 Å². The molecule has 6 nitrogen and oxygen atoms in total. The molecule has 1 heterocycles. The molecule has 0 aliphatic heterocycles. The number of carbonyl (C=O) groups excluding carboxylic acids is 1. The van der Waals surface area contributed by atoms with Crippen molar-refractivity contribution < 1.29 is 13.9 Å². The highest BCUT2D eigenvalue weighted by atomic mass is 32.2. The average Bonchev–Trinajstić information content (AvgIpc) is 3.21. The van der Waals surface area contributed by atoms with Gasteiger partial charge in [-0.2, -0.15) is 0 Å². The molecule has 1 amide bonds. The van der Waals surface area contributed by atoms with Gasteiger partial charge in [0.05, 0.1) is 12.4 Å². The van der Waals surface area contributed by atoms with Crippen LogP contribution < -0.4 is 9.64 Å². The van der Waals surface area contributed by atoms with Crippen molar-refractivity contribution in [3.8, 4) is 17.2 Å². The van der Waals surface area contributed by atoms with Gasteiger partial charge in [0, 0.05) is 17.8 Å². The first-order valence-corrected chi connectivity index (χ1v) is 9.85. The van der Waals surface area contributed by atoms with E-state index >= 15 is 0 Å². The zero-order valence-electron chi connectivity index (χ0n) is 15.6. The third-order valence-electron chi connectivity index (χ3n) is 3.82. The number of para-hydroxylation sites is 1. The zero-order chi connectivity index (χ0) is 19.8. The fourth-order valence-electron chi connectivity index (χ4n) is 2.53. The van der Waals surface area contributed by atoms with Crippen LogP contribution in [0, 0.1) is 0 Å². The molecule has 0 bridgehead atoms. The zero-order valence-corrected chi connectivity index (χ0v) is 16.4. The molecule has 0 atom stereocenters. The van der Waals surface area contributed by atoms with Crippen LogP contribution in [0.2, 0.25) is 0 Å². The van der Waals surface area contributed by atoms with E-state index in [1.54, 1.807) is 11.0 Å². The molecule has 1 aromatic heterocycles. The van der Waals surface area contributed by atoms with Crippen molar-refractivity contribution in [2.75, 3.05) is 23.8 Å². The van der Waals surface area contributed by atoms with Gasteiger partial charge in [0.2, 0.25) is 11.8 Å². The van der Waals surface area contributed by atoms with Crippen molar-refractivity contribution in [2.45, 2.75) is 12.1 Å². The Balaban J connectivity index is 1.63. The molecule has 7 heteroatoms. The molecule has 2 aromatic carbocycles. The molecule has 0 fully saturated rings. The summed E-state index contributed by atoms with van der Waals surface area (Å²) in [4.78, 5) is 14.3. The normalized spacial score (nSPS) is 10.5. The number of ether oxygens (including phenoxy) is 1. The summed E-state index contributed by atoms with van der Waals surface area (Å²) in [5, 5.41) is 8.44. The SMILES string of the molecule is C=CCN(C(=O)CSc1nnc(-c2ccc(OCC)cc2)o1)c1ccccc1. The summed E-state index contributed by atoms with van der Waals surface area (Å²) in [6.07, 6.45) is 1.70. The number of benzene rings is 2. The molecular weight excluding hydrogens is 374 g/mol. The summed E-state index contributed by atoms with van der Waals surface area (Å²) in [6, 6.07) is 16.9. The predicted octanol–water partition coefficient (Wildman–Crippen LogP) is 4.45. The van der Waals surface area contributed by atoms with E-state index in [-0.39, 0.29) is 11.7 Å². The Kier molecular flexibility index (Phi) is 6.86. The van der Waals surface area contributed by atoms with Crippen molar-refractivity contribution in [2.24, 2.45) is 0 Å². The monoisotopic (exact) mass is 395 g/mol. The Labute approximate surface area is 168 Å². The fourth-order valence-corrected chi connectivity index (χ4v) is 3.17. The maximum atomic E-state index is 12.6. The van der Waals surface area contributed by atoms with Gasteiger partial charge in [-0.15, -0.1) is 16.8 Å². The summed E-state index contributed by atoms with van der Waals surface area (Å²) in [6.45, 7) is 6.71. The largest absolute Gasteiger partial charge is 0.494 e. The van der Waals surface area contributed by atoms with Crippen molar-refractivity contribution in [3.05, 3.63) is 67.3 Å². The van der Waals surface area contributed by atoms with Crippen LogP contribution in [0.25, 0.3) is 11.5 Å². The Morgan fingerprint density at radius 3 is 2.61 bits per heavy atom. The number of nitrogens with zero attached hydrogens (tertiary/aromatic N) is 3. The van der Waals surface area contributed by atoms with Crippen molar-refractivity contribution in [3.63, 3.8) is 0 Å². The Morgan fingerprint density at radius 1 is 1.18 bits per heavy atom. The van der Waals surface area contributed by atoms with E-state index < -0.39 is 0 Å². The summed E-state index contributed by atoms with van der Waals surface area (Å²) in [5.41, 5.74) is 1.63. The van der Waals surface area contributed by atoms with Gasteiger partial charge in [0.1, 0.15) is 5.75 Å². The van der Waals surface area contributed by atoms with Crippen LogP contribution >= 0.6 is 11.8 Å². The molecule has 28 heavy (non-hydrogen) atoms. The van der Waals surface area contributed by atoms with Crippen molar-refractivity contribution in [1.82, 2.24) is 10.2 Å². The molecule has 0 saturated carbocycles. The first-order chi connectivity index (χ1) is 13.7. The van der Waals surface area contributed by atoms with Gasteiger partial charge in [0.25, 0.3) is 5.22 Å². The van der Waals surface area contributed by atoms with Crippen molar-refractivity contribution >= 4 is 23.4 Å². The van der Waals surface area contributed by atoms with Gasteiger partial charge in [-0.05, 0) is 43.3 Å². The quantitative estimate of drug-likeness (QED) is 0.394. The van der Waals surface area contributed by atoms with Gasteiger partial charge < -0.3 is 14.1 Å². The summed E-state index contributed by atoms with van der Waals surface area (Å²) in [7, 11) is 0. The molecule has 144 valence electrons. The van der Waals surface area contributed by atoms with Crippen LogP contribution in [0.1, 0.15) is 6.92 Å². The van der Waals surface area contributed by atoms with Crippen LogP contribution in [-0.2, 0) is 4.79 Å². The molecule has 3 rings (SSSR count). The van der Waals surface area contributed by atoms with Crippen LogP contribution in [0.5, 0.6) is 5.75 Å². The standard InChI is InChI=1S/C21H21N3O3S/c1-3-14-24(17-8-6-5-7-9-17)19(25)15-28-21-23-22-20(27-21)16-10-12-18(13-11-16)26-4-2/h3,5-13H,1,4,14-15H2,2H3. The van der Waals surface area contributed by atoms with Crippen LogP contribution in [-0.4, -0.2) is 35.0 Å². The minimum Gasteiger partial charge on any atom is -0.494 e. The molecule has 0 saturated heterocycles. The number of hydrogen-bond acceptors (Lipinski definition) is 6. The third kappa shape index (κ3) is 5.01. The summed E-state index contributed by atoms with van der Waals surface area (Å²) >= 11 is 1.21. The van der Waals surface area contributed by atoms with Gasteiger partial charge >= 0.3 is 0 Å². The maximum absolute atomic E-state index is 12.6. The van der Waals surface area contributed by atoms with E-state index in [0.717, 1.165) is 17.0 Å². The minimum atomic E-state index is -0.0584.